The van der Waals surface area contributed by atoms with Gasteiger partial charge in [0.25, 0.3) is 0 Å². The normalized spacial score (nSPS) is 11.9. The summed E-state index contributed by atoms with van der Waals surface area (Å²) in [5.74, 6) is 0. The minimum Gasteiger partial charge on any atom is -0.366 e. The van der Waals surface area contributed by atoms with Crippen molar-refractivity contribution in [3.05, 3.63) is 46.9 Å². The van der Waals surface area contributed by atoms with Crippen molar-refractivity contribution in [2.75, 3.05) is 5.32 Å². The Kier molecular flexibility index (Phi) is 5.32. The molecule has 1 aromatic carbocycles. The number of rotatable bonds is 3. The van der Waals surface area contributed by atoms with Gasteiger partial charge in [-0.15, -0.1) is 11.3 Å². The largest absolute Gasteiger partial charge is 0.366 e. The molecule has 0 saturated carbocycles. The van der Waals surface area contributed by atoms with Crippen molar-refractivity contribution in [1.82, 2.24) is 0 Å². The molecular formula is C12H6Br3ClN2S. The summed E-state index contributed by atoms with van der Waals surface area (Å²) in [6.07, 6.45) is 0. The average molecular weight is 485 g/mol. The van der Waals surface area contributed by atoms with Gasteiger partial charge in [-0.1, -0.05) is 11.6 Å². The lowest BCUT2D eigenvalue weighted by Crippen LogP contribution is -2.06. The third-order valence-corrected chi connectivity index (χ3v) is 6.84. The van der Waals surface area contributed by atoms with Gasteiger partial charge in [-0.05, 0) is 72.1 Å². The van der Waals surface area contributed by atoms with Crippen LogP contribution in [0.15, 0.2) is 37.0 Å². The van der Waals surface area contributed by atoms with Crippen LogP contribution in [0.5, 0.6) is 0 Å². The van der Waals surface area contributed by atoms with Crippen LogP contribution in [0.3, 0.4) is 0 Å². The first-order valence-corrected chi connectivity index (χ1v) is 8.64. The van der Waals surface area contributed by atoms with E-state index in [4.69, 9.17) is 11.6 Å². The van der Waals surface area contributed by atoms with Crippen molar-refractivity contribution in [3.63, 3.8) is 0 Å². The minimum absolute atomic E-state index is 0.402. The molecular weight excluding hydrogens is 479 g/mol. The van der Waals surface area contributed by atoms with Crippen molar-refractivity contribution >= 4 is 76.4 Å². The maximum atomic E-state index is 9.29. The fourth-order valence-electron chi connectivity index (χ4n) is 1.43. The molecule has 0 aliphatic carbocycles. The molecule has 0 saturated heterocycles. The van der Waals surface area contributed by atoms with E-state index in [1.165, 1.54) is 11.3 Å². The Hall–Kier alpha value is -0.0600. The fraction of sp³-hybridized carbons (Fsp3) is 0.0833. The first-order chi connectivity index (χ1) is 9.01. The molecule has 1 aromatic heterocycles. The Labute approximate surface area is 145 Å². The highest BCUT2D eigenvalue weighted by Crippen LogP contribution is 2.36. The predicted octanol–water partition coefficient (Wildman–Crippen LogP) is 6.37. The molecule has 98 valence electrons. The molecule has 1 unspecified atom stereocenters. The summed E-state index contributed by atoms with van der Waals surface area (Å²) < 4.78 is 2.72. The second kappa shape index (κ2) is 6.59. The predicted molar refractivity (Wildman–Crippen MR) is 90.8 cm³/mol. The molecule has 0 fully saturated rings. The monoisotopic (exact) mass is 482 g/mol. The summed E-state index contributed by atoms with van der Waals surface area (Å²) in [4.78, 5) is 0.937. The molecule has 2 rings (SSSR count). The quantitative estimate of drug-likeness (QED) is 0.549. The van der Waals surface area contributed by atoms with Crippen LogP contribution in [-0.2, 0) is 0 Å². The zero-order chi connectivity index (χ0) is 14.0. The second-order valence-electron chi connectivity index (χ2n) is 3.61. The first kappa shape index (κ1) is 15.3. The van der Waals surface area contributed by atoms with Crippen LogP contribution in [-0.4, -0.2) is 0 Å². The van der Waals surface area contributed by atoms with Gasteiger partial charge in [0.15, 0.2) is 0 Å². The Morgan fingerprint density at radius 3 is 2.47 bits per heavy atom. The molecule has 0 aliphatic rings. The van der Waals surface area contributed by atoms with E-state index in [9.17, 15) is 5.26 Å². The van der Waals surface area contributed by atoms with E-state index in [1.54, 1.807) is 6.07 Å². The molecule has 1 heterocycles. The van der Waals surface area contributed by atoms with E-state index in [2.05, 4.69) is 59.2 Å². The van der Waals surface area contributed by atoms with E-state index >= 15 is 0 Å². The van der Waals surface area contributed by atoms with Crippen molar-refractivity contribution in [3.8, 4) is 6.07 Å². The van der Waals surface area contributed by atoms with Crippen molar-refractivity contribution in [2.45, 2.75) is 6.04 Å². The maximum absolute atomic E-state index is 9.29. The van der Waals surface area contributed by atoms with Gasteiger partial charge in [0.2, 0.25) is 0 Å². The van der Waals surface area contributed by atoms with Gasteiger partial charge in [0, 0.05) is 19.5 Å². The molecule has 0 spiro atoms. The number of halogens is 4. The Balaban J connectivity index is 2.24. The first-order valence-electron chi connectivity index (χ1n) is 5.07. The van der Waals surface area contributed by atoms with E-state index in [-0.39, 0.29) is 0 Å². The van der Waals surface area contributed by atoms with Crippen LogP contribution in [0, 0.1) is 11.3 Å². The van der Waals surface area contributed by atoms with Gasteiger partial charge in [-0.25, -0.2) is 0 Å². The van der Waals surface area contributed by atoms with E-state index < -0.39 is 6.04 Å². The highest BCUT2D eigenvalue weighted by molar-refractivity contribution is 9.13. The molecule has 0 aliphatic heterocycles. The van der Waals surface area contributed by atoms with Crippen molar-refractivity contribution in [2.24, 2.45) is 0 Å². The molecule has 0 amide bonds. The van der Waals surface area contributed by atoms with Gasteiger partial charge in [-0.3, -0.25) is 0 Å². The molecule has 2 nitrogen and oxygen atoms in total. The third kappa shape index (κ3) is 3.73. The Bertz CT molecular complexity index is 631. The molecule has 0 bridgehead atoms. The van der Waals surface area contributed by atoms with Crippen LogP contribution < -0.4 is 5.32 Å². The number of nitrogens with zero attached hydrogens (tertiary/aromatic N) is 1. The van der Waals surface area contributed by atoms with Crippen LogP contribution in [0.25, 0.3) is 0 Å². The summed E-state index contributed by atoms with van der Waals surface area (Å²) in [5.41, 5.74) is 0.837. The summed E-state index contributed by atoms with van der Waals surface area (Å²) in [7, 11) is 0. The lowest BCUT2D eigenvalue weighted by molar-refractivity contribution is 1.03. The van der Waals surface area contributed by atoms with Gasteiger partial charge < -0.3 is 5.32 Å². The van der Waals surface area contributed by atoms with Gasteiger partial charge in [0.1, 0.15) is 6.04 Å². The van der Waals surface area contributed by atoms with E-state index in [1.807, 2.05) is 18.2 Å². The van der Waals surface area contributed by atoms with Crippen LogP contribution in [0.2, 0.25) is 5.02 Å². The lowest BCUT2D eigenvalue weighted by Gasteiger charge is -2.11. The van der Waals surface area contributed by atoms with Gasteiger partial charge in [0.05, 0.1) is 14.9 Å². The molecule has 7 heteroatoms. The van der Waals surface area contributed by atoms with Crippen LogP contribution in [0.1, 0.15) is 10.9 Å². The number of hydrogen-bond donors (Lipinski definition) is 1. The molecule has 19 heavy (non-hydrogen) atoms. The molecule has 1 atom stereocenters. The maximum Gasteiger partial charge on any atom is 0.149 e. The SMILES string of the molecule is N#CC(Nc1ccc(Cl)c(Br)c1)c1cc(Br)c(Br)s1. The minimum atomic E-state index is -0.402. The summed E-state index contributed by atoms with van der Waals surface area (Å²) in [5, 5.41) is 13.1. The number of nitriles is 1. The van der Waals surface area contributed by atoms with Gasteiger partial charge in [-0.2, -0.15) is 5.26 Å². The number of anilines is 1. The fourth-order valence-corrected chi connectivity index (χ4v) is 4.01. The smallest absolute Gasteiger partial charge is 0.149 e. The molecule has 0 radical (unpaired) electrons. The second-order valence-corrected chi connectivity index (χ2v) is 8.12. The Morgan fingerprint density at radius 2 is 1.95 bits per heavy atom. The van der Waals surface area contributed by atoms with E-state index in [0.29, 0.717) is 5.02 Å². The van der Waals surface area contributed by atoms with Crippen LogP contribution >= 0.6 is 70.7 Å². The number of thiophene rings is 1. The van der Waals surface area contributed by atoms with Crippen molar-refractivity contribution < 1.29 is 0 Å². The topological polar surface area (TPSA) is 35.8 Å². The number of benzene rings is 1. The Morgan fingerprint density at radius 1 is 1.21 bits per heavy atom. The molecule has 2 aromatic rings. The number of nitrogens with one attached hydrogen (secondary N) is 1. The zero-order valence-electron chi connectivity index (χ0n) is 9.25. The van der Waals surface area contributed by atoms with Gasteiger partial charge >= 0.3 is 0 Å². The standard InChI is InChI=1S/C12H6Br3ClN2S/c13-7-3-6(1-2-9(7)16)18-10(5-17)11-4-8(14)12(15)19-11/h1-4,10,18H. The summed E-state index contributed by atoms with van der Waals surface area (Å²) in [6.45, 7) is 0. The number of hydrogen-bond acceptors (Lipinski definition) is 3. The summed E-state index contributed by atoms with van der Waals surface area (Å²) in [6, 6.07) is 9.25. The zero-order valence-corrected chi connectivity index (χ0v) is 15.6. The highest BCUT2D eigenvalue weighted by atomic mass is 79.9. The van der Waals surface area contributed by atoms with Crippen LogP contribution in [0.4, 0.5) is 5.69 Å². The third-order valence-electron chi connectivity index (χ3n) is 2.31. The highest BCUT2D eigenvalue weighted by Gasteiger charge is 2.15. The van der Waals surface area contributed by atoms with E-state index in [0.717, 1.165) is 23.3 Å². The molecule has 1 N–H and O–H groups in total. The summed E-state index contributed by atoms with van der Waals surface area (Å²) >= 11 is 17.7. The lowest BCUT2D eigenvalue weighted by atomic mass is 10.2. The van der Waals surface area contributed by atoms with Crippen molar-refractivity contribution in [1.29, 1.82) is 5.26 Å². The average Bonchev–Trinajstić information content (AvgIpc) is 2.71.